The molecule has 0 aliphatic heterocycles. The number of aromatic nitrogens is 1. The van der Waals surface area contributed by atoms with Crippen molar-refractivity contribution in [1.29, 1.82) is 0 Å². The zero-order chi connectivity index (χ0) is 15.4. The van der Waals surface area contributed by atoms with Gasteiger partial charge in [-0.2, -0.15) is 0 Å². The standard InChI is InChI=1S/C15H17N3O2S2/c19-13(8-16-14(20)10-4-1-2-5-10)18-15-17-11(9-22-15)12-6-3-7-21-12/h3,6-7,9-10H,1-2,4-5,8H2,(H,16,20)(H,17,18,19). The van der Waals surface area contributed by atoms with E-state index >= 15 is 0 Å². The number of hydrogen-bond donors (Lipinski definition) is 2. The van der Waals surface area contributed by atoms with Crippen LogP contribution >= 0.6 is 22.7 Å². The fourth-order valence-electron chi connectivity index (χ4n) is 2.53. The average molecular weight is 335 g/mol. The van der Waals surface area contributed by atoms with Crippen molar-refractivity contribution >= 4 is 39.6 Å². The lowest BCUT2D eigenvalue weighted by molar-refractivity contribution is -0.127. The minimum Gasteiger partial charge on any atom is -0.347 e. The molecule has 0 atom stereocenters. The van der Waals surface area contributed by atoms with Gasteiger partial charge < -0.3 is 10.6 Å². The van der Waals surface area contributed by atoms with Gasteiger partial charge >= 0.3 is 0 Å². The highest BCUT2D eigenvalue weighted by Gasteiger charge is 2.22. The van der Waals surface area contributed by atoms with E-state index in [1.165, 1.54) is 11.3 Å². The lowest BCUT2D eigenvalue weighted by Gasteiger charge is -2.09. The molecule has 2 aromatic rings. The Balaban J connectivity index is 1.48. The molecule has 0 aromatic carbocycles. The Morgan fingerprint density at radius 3 is 2.82 bits per heavy atom. The van der Waals surface area contributed by atoms with Crippen molar-refractivity contribution in [3.63, 3.8) is 0 Å². The summed E-state index contributed by atoms with van der Waals surface area (Å²) in [5, 5.41) is 9.90. The van der Waals surface area contributed by atoms with Gasteiger partial charge in [0.15, 0.2) is 5.13 Å². The van der Waals surface area contributed by atoms with Gasteiger partial charge in [-0.15, -0.1) is 22.7 Å². The van der Waals surface area contributed by atoms with E-state index in [1.54, 1.807) is 11.3 Å². The highest BCUT2D eigenvalue weighted by molar-refractivity contribution is 7.16. The van der Waals surface area contributed by atoms with Crippen LogP contribution in [0.2, 0.25) is 0 Å². The summed E-state index contributed by atoms with van der Waals surface area (Å²) < 4.78 is 0. The second-order valence-electron chi connectivity index (χ2n) is 5.26. The van der Waals surface area contributed by atoms with Gasteiger partial charge in [-0.3, -0.25) is 9.59 Å². The number of thiophene rings is 1. The largest absolute Gasteiger partial charge is 0.347 e. The average Bonchev–Trinajstić information content (AvgIpc) is 3.23. The van der Waals surface area contributed by atoms with E-state index < -0.39 is 0 Å². The Kier molecular flexibility index (Phi) is 4.84. The molecule has 22 heavy (non-hydrogen) atoms. The van der Waals surface area contributed by atoms with Crippen LogP contribution < -0.4 is 10.6 Å². The second-order valence-corrected chi connectivity index (χ2v) is 7.07. The third kappa shape index (κ3) is 3.72. The summed E-state index contributed by atoms with van der Waals surface area (Å²) in [6.07, 6.45) is 4.08. The molecule has 0 unspecified atom stereocenters. The van der Waals surface area contributed by atoms with Crippen LogP contribution in [0.25, 0.3) is 10.6 Å². The van der Waals surface area contributed by atoms with Crippen molar-refractivity contribution in [3.05, 3.63) is 22.9 Å². The Morgan fingerprint density at radius 1 is 1.27 bits per heavy atom. The zero-order valence-corrected chi connectivity index (χ0v) is 13.6. The molecule has 1 aliphatic rings. The van der Waals surface area contributed by atoms with Crippen LogP contribution in [0, 0.1) is 5.92 Å². The molecular weight excluding hydrogens is 318 g/mol. The third-order valence-corrected chi connectivity index (χ3v) is 5.32. The van der Waals surface area contributed by atoms with Gasteiger partial charge in [0.1, 0.15) is 0 Å². The molecule has 7 heteroatoms. The second kappa shape index (κ2) is 7.02. The zero-order valence-electron chi connectivity index (χ0n) is 12.0. The Labute approximate surface area is 136 Å². The van der Waals surface area contributed by atoms with Crippen LogP contribution in [0.5, 0.6) is 0 Å². The van der Waals surface area contributed by atoms with Crippen LogP contribution in [0.1, 0.15) is 25.7 Å². The van der Waals surface area contributed by atoms with Crippen molar-refractivity contribution in [2.45, 2.75) is 25.7 Å². The van der Waals surface area contributed by atoms with E-state index in [-0.39, 0.29) is 24.3 Å². The molecule has 1 aliphatic carbocycles. The molecule has 3 rings (SSSR count). The monoisotopic (exact) mass is 335 g/mol. The quantitative estimate of drug-likeness (QED) is 0.882. The number of hydrogen-bond acceptors (Lipinski definition) is 5. The van der Waals surface area contributed by atoms with Gasteiger partial charge in [0.25, 0.3) is 0 Å². The number of nitrogens with zero attached hydrogens (tertiary/aromatic N) is 1. The number of carbonyl (C=O) groups is 2. The molecule has 5 nitrogen and oxygen atoms in total. The van der Waals surface area contributed by atoms with Gasteiger partial charge in [0, 0.05) is 11.3 Å². The summed E-state index contributed by atoms with van der Waals surface area (Å²) in [4.78, 5) is 29.2. The summed E-state index contributed by atoms with van der Waals surface area (Å²) in [5.74, 6) is -0.164. The van der Waals surface area contributed by atoms with Gasteiger partial charge in [0.2, 0.25) is 11.8 Å². The Hall–Kier alpha value is -1.73. The predicted octanol–water partition coefficient (Wildman–Crippen LogP) is 3.12. The van der Waals surface area contributed by atoms with E-state index in [9.17, 15) is 9.59 Å². The summed E-state index contributed by atoms with van der Waals surface area (Å²) in [7, 11) is 0. The molecule has 2 aromatic heterocycles. The van der Waals surface area contributed by atoms with Crippen molar-refractivity contribution in [2.24, 2.45) is 5.92 Å². The van der Waals surface area contributed by atoms with Gasteiger partial charge in [-0.25, -0.2) is 4.98 Å². The van der Waals surface area contributed by atoms with E-state index in [0.717, 1.165) is 36.3 Å². The molecule has 0 bridgehead atoms. The van der Waals surface area contributed by atoms with Crippen LogP contribution in [-0.4, -0.2) is 23.3 Å². The summed E-state index contributed by atoms with van der Waals surface area (Å²) >= 11 is 3.00. The van der Waals surface area contributed by atoms with Crippen molar-refractivity contribution in [3.8, 4) is 10.6 Å². The molecule has 0 saturated heterocycles. The van der Waals surface area contributed by atoms with Gasteiger partial charge in [0.05, 0.1) is 17.1 Å². The lowest BCUT2D eigenvalue weighted by atomic mass is 10.1. The maximum absolute atomic E-state index is 11.9. The molecular formula is C15H17N3O2S2. The van der Waals surface area contributed by atoms with Crippen molar-refractivity contribution < 1.29 is 9.59 Å². The smallest absolute Gasteiger partial charge is 0.245 e. The minimum atomic E-state index is -0.238. The molecule has 1 saturated carbocycles. The number of anilines is 1. The van der Waals surface area contributed by atoms with Crippen LogP contribution in [-0.2, 0) is 9.59 Å². The summed E-state index contributed by atoms with van der Waals surface area (Å²) in [6.45, 7) is 0.00322. The maximum Gasteiger partial charge on any atom is 0.245 e. The number of thiazole rings is 1. The van der Waals surface area contributed by atoms with Gasteiger partial charge in [-0.05, 0) is 24.3 Å². The first-order chi connectivity index (χ1) is 10.7. The molecule has 2 heterocycles. The first-order valence-corrected chi connectivity index (χ1v) is 9.05. The van der Waals surface area contributed by atoms with Crippen molar-refractivity contribution in [1.82, 2.24) is 10.3 Å². The fraction of sp³-hybridized carbons (Fsp3) is 0.400. The number of nitrogens with one attached hydrogen (secondary N) is 2. The van der Waals surface area contributed by atoms with Crippen LogP contribution in [0.3, 0.4) is 0 Å². The fourth-order valence-corrected chi connectivity index (χ4v) is 4.02. The highest BCUT2D eigenvalue weighted by Crippen LogP contribution is 2.28. The summed E-state index contributed by atoms with van der Waals surface area (Å²) in [6, 6.07) is 3.96. The topological polar surface area (TPSA) is 71.1 Å². The molecule has 2 amide bonds. The van der Waals surface area contributed by atoms with E-state index in [2.05, 4.69) is 15.6 Å². The first-order valence-electron chi connectivity index (χ1n) is 7.29. The number of carbonyl (C=O) groups excluding carboxylic acids is 2. The third-order valence-electron chi connectivity index (χ3n) is 3.67. The predicted molar refractivity (Wildman–Crippen MR) is 89.0 cm³/mol. The normalized spacial score (nSPS) is 14.9. The van der Waals surface area contributed by atoms with Crippen LogP contribution in [0.4, 0.5) is 5.13 Å². The van der Waals surface area contributed by atoms with Crippen LogP contribution in [0.15, 0.2) is 22.9 Å². The van der Waals surface area contributed by atoms with Crippen molar-refractivity contribution in [2.75, 3.05) is 11.9 Å². The Morgan fingerprint density at radius 2 is 2.09 bits per heavy atom. The molecule has 2 N–H and O–H groups in total. The summed E-state index contributed by atoms with van der Waals surface area (Å²) in [5.41, 5.74) is 0.866. The molecule has 0 spiro atoms. The maximum atomic E-state index is 11.9. The number of amides is 2. The molecule has 0 radical (unpaired) electrons. The lowest BCUT2D eigenvalue weighted by Crippen LogP contribution is -2.36. The van der Waals surface area contributed by atoms with E-state index in [4.69, 9.17) is 0 Å². The SMILES string of the molecule is O=C(CNC(=O)C1CCCC1)Nc1nc(-c2cccs2)cs1. The molecule has 1 fully saturated rings. The van der Waals surface area contributed by atoms with E-state index in [0.29, 0.717) is 5.13 Å². The van der Waals surface area contributed by atoms with E-state index in [1.807, 2.05) is 22.9 Å². The van der Waals surface area contributed by atoms with Gasteiger partial charge in [-0.1, -0.05) is 18.9 Å². The first kappa shape index (κ1) is 15.2. The number of rotatable bonds is 5. The minimum absolute atomic E-state index is 0.00322. The Bertz CT molecular complexity index is 646. The molecule has 116 valence electrons. The highest BCUT2D eigenvalue weighted by atomic mass is 32.1.